The molecule has 0 spiro atoms. The molecule has 0 saturated heterocycles. The summed E-state index contributed by atoms with van der Waals surface area (Å²) in [6.45, 7) is 2.54. The van der Waals surface area contributed by atoms with Crippen LogP contribution in [0.5, 0.6) is 0 Å². The Morgan fingerprint density at radius 2 is 2.06 bits per heavy atom. The molecule has 1 rings (SSSR count). The van der Waals surface area contributed by atoms with Gasteiger partial charge in [0.05, 0.1) is 0 Å². The van der Waals surface area contributed by atoms with Gasteiger partial charge in [-0.2, -0.15) is 11.8 Å². The fraction of sp³-hybridized carbons (Fsp3) is 0.462. The number of nitrogens with two attached hydrogens (primary N) is 1. The van der Waals surface area contributed by atoms with Crippen LogP contribution in [0.1, 0.15) is 29.3 Å². The van der Waals surface area contributed by atoms with Crippen LogP contribution in [0.25, 0.3) is 0 Å². The number of hydrogen-bond donors (Lipinski definition) is 2. The van der Waals surface area contributed by atoms with Gasteiger partial charge in [0.15, 0.2) is 0 Å². The minimum atomic E-state index is -0.0119. The van der Waals surface area contributed by atoms with E-state index in [1.54, 1.807) is 11.8 Å². The number of amides is 1. The zero-order valence-corrected chi connectivity index (χ0v) is 11.2. The van der Waals surface area contributed by atoms with Crippen molar-refractivity contribution in [3.8, 4) is 0 Å². The van der Waals surface area contributed by atoms with Crippen molar-refractivity contribution in [3.05, 3.63) is 35.4 Å². The van der Waals surface area contributed by atoms with Crippen LogP contribution in [0.2, 0.25) is 0 Å². The number of nitrogens with one attached hydrogen (secondary N) is 1. The average Bonchev–Trinajstić information content (AvgIpc) is 2.36. The molecule has 1 aromatic carbocycles. The molecular formula is C13H20N2OS. The van der Waals surface area contributed by atoms with Gasteiger partial charge in [-0.25, -0.2) is 0 Å². The van der Waals surface area contributed by atoms with Crippen LogP contribution in [0.4, 0.5) is 0 Å². The normalized spacial score (nSPS) is 12.2. The third-order valence-electron chi connectivity index (χ3n) is 2.58. The van der Waals surface area contributed by atoms with Crippen molar-refractivity contribution in [2.75, 3.05) is 12.0 Å². The van der Waals surface area contributed by atoms with E-state index in [-0.39, 0.29) is 11.9 Å². The predicted octanol–water partition coefficient (Wildman–Crippen LogP) is 2.02. The second kappa shape index (κ2) is 7.35. The Balaban J connectivity index is 2.51. The lowest BCUT2D eigenvalue weighted by Crippen LogP contribution is -2.32. The van der Waals surface area contributed by atoms with Crippen LogP contribution >= 0.6 is 11.8 Å². The maximum atomic E-state index is 11.9. The molecule has 3 nitrogen and oxygen atoms in total. The lowest BCUT2D eigenvalue weighted by molar-refractivity contribution is 0.0939. The lowest BCUT2D eigenvalue weighted by Gasteiger charge is -2.13. The predicted molar refractivity (Wildman–Crippen MR) is 74.3 cm³/mol. The Hall–Kier alpha value is -1.00. The lowest BCUT2D eigenvalue weighted by atomic mass is 10.1. The number of benzene rings is 1. The number of carbonyl (C=O) groups is 1. The zero-order valence-electron chi connectivity index (χ0n) is 10.4. The van der Waals surface area contributed by atoms with Gasteiger partial charge in [-0.15, -0.1) is 0 Å². The summed E-state index contributed by atoms with van der Waals surface area (Å²) in [4.78, 5) is 11.9. The fourth-order valence-electron chi connectivity index (χ4n) is 1.47. The Morgan fingerprint density at radius 3 is 2.59 bits per heavy atom. The van der Waals surface area contributed by atoms with E-state index in [9.17, 15) is 4.79 Å². The van der Waals surface area contributed by atoms with Gasteiger partial charge in [0.25, 0.3) is 5.91 Å². The van der Waals surface area contributed by atoms with Gasteiger partial charge >= 0.3 is 0 Å². The average molecular weight is 252 g/mol. The summed E-state index contributed by atoms with van der Waals surface area (Å²) in [5.41, 5.74) is 7.24. The summed E-state index contributed by atoms with van der Waals surface area (Å²) in [5, 5.41) is 2.98. The third-order valence-corrected chi connectivity index (χ3v) is 3.23. The van der Waals surface area contributed by atoms with E-state index in [1.165, 1.54) is 0 Å². The van der Waals surface area contributed by atoms with Crippen LogP contribution in [0.15, 0.2) is 24.3 Å². The maximum absolute atomic E-state index is 11.9. The monoisotopic (exact) mass is 252 g/mol. The molecule has 0 radical (unpaired) electrons. The molecule has 4 heteroatoms. The van der Waals surface area contributed by atoms with Crippen LogP contribution in [0.3, 0.4) is 0 Å². The largest absolute Gasteiger partial charge is 0.350 e. The molecule has 1 amide bonds. The fourth-order valence-corrected chi connectivity index (χ4v) is 2.06. The molecule has 0 aliphatic heterocycles. The van der Waals surface area contributed by atoms with Gasteiger partial charge in [0, 0.05) is 18.2 Å². The van der Waals surface area contributed by atoms with E-state index >= 15 is 0 Å². The Labute approximate surface area is 107 Å². The number of thioether (sulfide) groups is 1. The Kier molecular flexibility index (Phi) is 6.08. The van der Waals surface area contributed by atoms with E-state index in [0.717, 1.165) is 17.7 Å². The highest BCUT2D eigenvalue weighted by atomic mass is 32.2. The minimum Gasteiger partial charge on any atom is -0.350 e. The summed E-state index contributed by atoms with van der Waals surface area (Å²) >= 11 is 1.79. The molecule has 1 atom stereocenters. The Morgan fingerprint density at radius 1 is 1.41 bits per heavy atom. The smallest absolute Gasteiger partial charge is 0.251 e. The van der Waals surface area contributed by atoms with Gasteiger partial charge < -0.3 is 11.1 Å². The first-order valence-electron chi connectivity index (χ1n) is 5.76. The molecule has 0 aliphatic rings. The molecule has 0 fully saturated rings. The van der Waals surface area contributed by atoms with E-state index in [4.69, 9.17) is 5.73 Å². The molecule has 0 saturated carbocycles. The highest BCUT2D eigenvalue weighted by Gasteiger charge is 2.08. The third kappa shape index (κ3) is 4.79. The second-order valence-electron chi connectivity index (χ2n) is 4.06. The van der Waals surface area contributed by atoms with Crippen molar-refractivity contribution in [2.45, 2.75) is 25.9 Å². The second-order valence-corrected chi connectivity index (χ2v) is 5.04. The molecule has 94 valence electrons. The first kappa shape index (κ1) is 14.1. The molecule has 3 N–H and O–H groups in total. The van der Waals surface area contributed by atoms with Crippen LogP contribution < -0.4 is 11.1 Å². The molecule has 0 bridgehead atoms. The van der Waals surface area contributed by atoms with E-state index < -0.39 is 0 Å². The van der Waals surface area contributed by atoms with Gasteiger partial charge in [-0.1, -0.05) is 12.1 Å². The number of carbonyl (C=O) groups excluding carboxylic acids is 1. The van der Waals surface area contributed by atoms with Crippen molar-refractivity contribution >= 4 is 17.7 Å². The van der Waals surface area contributed by atoms with Crippen LogP contribution in [-0.4, -0.2) is 24.0 Å². The van der Waals surface area contributed by atoms with Gasteiger partial charge in [-0.3, -0.25) is 4.79 Å². The molecule has 17 heavy (non-hydrogen) atoms. The molecule has 0 aliphatic carbocycles. The van der Waals surface area contributed by atoms with E-state index in [0.29, 0.717) is 12.1 Å². The SMILES string of the molecule is CSCCC(C)NC(=O)c1ccc(CN)cc1. The summed E-state index contributed by atoms with van der Waals surface area (Å²) in [6.07, 6.45) is 3.06. The van der Waals surface area contributed by atoms with Crippen molar-refractivity contribution in [3.63, 3.8) is 0 Å². The van der Waals surface area contributed by atoms with Gasteiger partial charge in [-0.05, 0) is 43.0 Å². The summed E-state index contributed by atoms with van der Waals surface area (Å²) in [5.74, 6) is 1.05. The zero-order chi connectivity index (χ0) is 12.7. The van der Waals surface area contributed by atoms with Crippen molar-refractivity contribution in [2.24, 2.45) is 5.73 Å². The van der Waals surface area contributed by atoms with Gasteiger partial charge in [0.1, 0.15) is 0 Å². The highest BCUT2D eigenvalue weighted by molar-refractivity contribution is 7.98. The molecule has 1 aromatic rings. The van der Waals surface area contributed by atoms with Crippen LogP contribution in [-0.2, 0) is 6.54 Å². The molecule has 0 heterocycles. The number of rotatable bonds is 6. The maximum Gasteiger partial charge on any atom is 0.251 e. The first-order valence-corrected chi connectivity index (χ1v) is 7.15. The van der Waals surface area contributed by atoms with E-state index in [1.807, 2.05) is 31.2 Å². The molecule has 0 aromatic heterocycles. The van der Waals surface area contributed by atoms with E-state index in [2.05, 4.69) is 11.6 Å². The standard InChI is InChI=1S/C13H20N2OS/c1-10(7-8-17-2)15-13(16)12-5-3-11(9-14)4-6-12/h3-6,10H,7-9,14H2,1-2H3,(H,15,16). The Bertz CT molecular complexity index is 351. The molecular weight excluding hydrogens is 232 g/mol. The summed E-state index contributed by atoms with van der Waals surface area (Å²) in [6, 6.07) is 7.63. The topological polar surface area (TPSA) is 55.1 Å². The van der Waals surface area contributed by atoms with Gasteiger partial charge in [0.2, 0.25) is 0 Å². The number of hydrogen-bond acceptors (Lipinski definition) is 3. The quantitative estimate of drug-likeness (QED) is 0.814. The highest BCUT2D eigenvalue weighted by Crippen LogP contribution is 2.05. The first-order chi connectivity index (χ1) is 8.17. The summed E-state index contributed by atoms with van der Waals surface area (Å²) < 4.78 is 0. The minimum absolute atomic E-state index is 0.0119. The van der Waals surface area contributed by atoms with Crippen molar-refractivity contribution in [1.29, 1.82) is 0 Å². The van der Waals surface area contributed by atoms with Crippen LogP contribution in [0, 0.1) is 0 Å². The molecule has 1 unspecified atom stereocenters. The van der Waals surface area contributed by atoms with Crippen molar-refractivity contribution in [1.82, 2.24) is 5.32 Å². The summed E-state index contributed by atoms with van der Waals surface area (Å²) in [7, 11) is 0. The van der Waals surface area contributed by atoms with Crippen molar-refractivity contribution < 1.29 is 4.79 Å².